The number of aromatic nitrogens is 2. The van der Waals surface area contributed by atoms with Gasteiger partial charge in [-0.05, 0) is 27.2 Å². The topological polar surface area (TPSA) is 96.5 Å². The Labute approximate surface area is 188 Å². The highest BCUT2D eigenvalue weighted by Gasteiger charge is 2.33. The number of rotatable bonds is 6. The predicted octanol–water partition coefficient (Wildman–Crippen LogP) is 3.60. The fourth-order valence-electron chi connectivity index (χ4n) is 3.37. The number of nitrogens with one attached hydrogen (secondary N) is 2. The van der Waals surface area contributed by atoms with Gasteiger partial charge in [0.2, 0.25) is 0 Å². The molecule has 11 heteroatoms. The standard InChI is InChI=1S/C19H24Cl2N4O4S/c1-5-29-18(27)15-10(3)30-19(24-15)25-7-6-11(12(8-25)28-4)23-17(26)16-14(21)13(20)9(2)22-16/h11-12,22H,5-8H2,1-4H3,(H,23,26)/t11-,12+/m1/s1. The van der Waals surface area contributed by atoms with Crippen molar-refractivity contribution in [2.24, 2.45) is 0 Å². The third-order valence-electron chi connectivity index (χ3n) is 4.98. The Hall–Kier alpha value is -1.81. The summed E-state index contributed by atoms with van der Waals surface area (Å²) in [4.78, 5) is 35.0. The molecule has 0 unspecified atom stereocenters. The lowest BCUT2D eigenvalue weighted by Gasteiger charge is -2.37. The largest absolute Gasteiger partial charge is 0.461 e. The van der Waals surface area contributed by atoms with Gasteiger partial charge in [-0.2, -0.15) is 0 Å². The molecule has 0 aromatic carbocycles. The molecule has 1 aliphatic heterocycles. The van der Waals surface area contributed by atoms with Crippen LogP contribution in [-0.2, 0) is 9.47 Å². The van der Waals surface area contributed by atoms with Crippen LogP contribution in [0.1, 0.15) is 44.9 Å². The summed E-state index contributed by atoms with van der Waals surface area (Å²) in [6.07, 6.45) is 0.381. The van der Waals surface area contributed by atoms with Gasteiger partial charge in [-0.25, -0.2) is 9.78 Å². The summed E-state index contributed by atoms with van der Waals surface area (Å²) in [6.45, 7) is 6.84. The molecule has 3 rings (SSSR count). The number of H-pyrrole nitrogens is 1. The molecule has 2 atom stereocenters. The highest BCUT2D eigenvalue weighted by molar-refractivity contribution is 7.15. The second-order valence-corrected chi connectivity index (χ2v) is 8.90. The van der Waals surface area contributed by atoms with Crippen LogP contribution in [0.3, 0.4) is 0 Å². The van der Waals surface area contributed by atoms with Crippen LogP contribution < -0.4 is 10.2 Å². The normalized spacial score (nSPS) is 19.1. The number of hydrogen-bond acceptors (Lipinski definition) is 7. The van der Waals surface area contributed by atoms with E-state index in [2.05, 4.69) is 20.2 Å². The number of piperidine rings is 1. The minimum Gasteiger partial charge on any atom is -0.461 e. The van der Waals surface area contributed by atoms with E-state index in [1.165, 1.54) is 11.3 Å². The summed E-state index contributed by atoms with van der Waals surface area (Å²) in [5.41, 5.74) is 1.22. The number of esters is 1. The molecule has 164 valence electrons. The number of methoxy groups -OCH3 is 1. The van der Waals surface area contributed by atoms with Gasteiger partial charge in [-0.15, -0.1) is 11.3 Å². The zero-order chi connectivity index (χ0) is 22.0. The molecule has 1 saturated heterocycles. The van der Waals surface area contributed by atoms with E-state index in [-0.39, 0.29) is 28.8 Å². The molecule has 0 saturated carbocycles. The van der Waals surface area contributed by atoms with E-state index in [1.807, 2.05) is 6.92 Å². The molecule has 2 N–H and O–H groups in total. The summed E-state index contributed by atoms with van der Waals surface area (Å²) in [5.74, 6) is -0.745. The zero-order valence-corrected chi connectivity index (χ0v) is 19.5. The van der Waals surface area contributed by atoms with Crippen molar-refractivity contribution < 1.29 is 19.1 Å². The highest BCUT2D eigenvalue weighted by atomic mass is 35.5. The molecule has 0 spiro atoms. The van der Waals surface area contributed by atoms with Crippen molar-refractivity contribution in [1.82, 2.24) is 15.3 Å². The second kappa shape index (κ2) is 9.55. The minimum absolute atomic E-state index is 0.206. The Kier molecular flexibility index (Phi) is 7.28. The smallest absolute Gasteiger partial charge is 0.358 e. The molecule has 1 amide bonds. The van der Waals surface area contributed by atoms with Crippen LogP contribution >= 0.6 is 34.5 Å². The summed E-state index contributed by atoms with van der Waals surface area (Å²) in [5, 5.41) is 4.27. The average molecular weight is 475 g/mol. The fraction of sp³-hybridized carbons (Fsp3) is 0.526. The van der Waals surface area contributed by atoms with Crippen molar-refractivity contribution in [2.75, 3.05) is 31.7 Å². The maximum Gasteiger partial charge on any atom is 0.358 e. The Bertz CT molecular complexity index is 945. The van der Waals surface area contributed by atoms with Crippen molar-refractivity contribution in [3.05, 3.63) is 32.0 Å². The second-order valence-electron chi connectivity index (χ2n) is 6.96. The molecule has 0 bridgehead atoms. The lowest BCUT2D eigenvalue weighted by Crippen LogP contribution is -2.55. The molecule has 0 radical (unpaired) electrons. The number of halogens is 2. The van der Waals surface area contributed by atoms with Gasteiger partial charge in [0.1, 0.15) is 5.69 Å². The van der Waals surface area contributed by atoms with Gasteiger partial charge in [-0.3, -0.25) is 4.79 Å². The lowest BCUT2D eigenvalue weighted by atomic mass is 10.0. The number of ether oxygens (including phenoxy) is 2. The quantitative estimate of drug-likeness (QED) is 0.620. The first-order valence-corrected chi connectivity index (χ1v) is 11.1. The molecule has 3 heterocycles. The van der Waals surface area contributed by atoms with Gasteiger partial charge < -0.3 is 24.7 Å². The molecular weight excluding hydrogens is 451 g/mol. The van der Waals surface area contributed by atoms with Crippen molar-refractivity contribution in [2.45, 2.75) is 39.3 Å². The SMILES string of the molecule is CCOC(=O)c1nc(N2CC[C@@H](NC(=O)c3[nH]c(C)c(Cl)c3Cl)[C@@H](OC)C2)sc1C. The van der Waals surface area contributed by atoms with E-state index < -0.39 is 5.97 Å². The zero-order valence-electron chi connectivity index (χ0n) is 17.2. The molecule has 1 fully saturated rings. The minimum atomic E-state index is -0.417. The summed E-state index contributed by atoms with van der Waals surface area (Å²) in [6, 6.07) is -0.206. The van der Waals surface area contributed by atoms with E-state index >= 15 is 0 Å². The molecule has 2 aromatic heterocycles. The van der Waals surface area contributed by atoms with Crippen molar-refractivity contribution in [1.29, 1.82) is 0 Å². The first-order chi connectivity index (χ1) is 14.3. The van der Waals surface area contributed by atoms with Gasteiger partial charge in [-0.1, -0.05) is 23.2 Å². The number of anilines is 1. The summed E-state index contributed by atoms with van der Waals surface area (Å²) < 4.78 is 10.7. The molecule has 2 aromatic rings. The van der Waals surface area contributed by atoms with Crippen LogP contribution in [0.25, 0.3) is 0 Å². The van der Waals surface area contributed by atoms with Gasteiger partial charge in [0.05, 0.1) is 28.8 Å². The van der Waals surface area contributed by atoms with Gasteiger partial charge in [0.15, 0.2) is 10.8 Å². The summed E-state index contributed by atoms with van der Waals surface area (Å²) >= 11 is 13.7. The average Bonchev–Trinajstić information content (AvgIpc) is 3.23. The molecule has 30 heavy (non-hydrogen) atoms. The Morgan fingerprint density at radius 3 is 2.67 bits per heavy atom. The van der Waals surface area contributed by atoms with Gasteiger partial charge in [0, 0.05) is 30.8 Å². The van der Waals surface area contributed by atoms with Crippen LogP contribution in [0.5, 0.6) is 0 Å². The number of carbonyl (C=O) groups is 2. The maximum absolute atomic E-state index is 12.7. The fourth-order valence-corrected chi connectivity index (χ4v) is 4.72. The predicted molar refractivity (Wildman–Crippen MR) is 117 cm³/mol. The summed E-state index contributed by atoms with van der Waals surface area (Å²) in [7, 11) is 1.60. The number of carbonyl (C=O) groups excluding carboxylic acids is 2. The lowest BCUT2D eigenvalue weighted by molar-refractivity contribution is 0.0516. The third-order valence-corrected chi connectivity index (χ3v) is 6.96. The van der Waals surface area contributed by atoms with Gasteiger partial charge in [0.25, 0.3) is 5.91 Å². The Balaban J connectivity index is 1.69. The molecule has 0 aliphatic carbocycles. The van der Waals surface area contributed by atoms with Crippen LogP contribution in [0, 0.1) is 13.8 Å². The van der Waals surface area contributed by atoms with E-state index in [0.29, 0.717) is 42.5 Å². The number of nitrogens with zero attached hydrogens (tertiary/aromatic N) is 2. The van der Waals surface area contributed by atoms with E-state index in [4.69, 9.17) is 32.7 Å². The first kappa shape index (κ1) is 22.9. The molecule has 8 nitrogen and oxygen atoms in total. The number of aryl methyl sites for hydroxylation is 2. The van der Waals surface area contributed by atoms with Crippen molar-refractivity contribution in [3.63, 3.8) is 0 Å². The highest BCUT2D eigenvalue weighted by Crippen LogP contribution is 2.31. The van der Waals surface area contributed by atoms with Crippen LogP contribution in [0.2, 0.25) is 10.0 Å². The molecule has 1 aliphatic rings. The van der Waals surface area contributed by atoms with Crippen LogP contribution in [0.4, 0.5) is 5.13 Å². The van der Waals surface area contributed by atoms with E-state index in [1.54, 1.807) is 21.0 Å². The van der Waals surface area contributed by atoms with Crippen LogP contribution in [-0.4, -0.2) is 60.8 Å². The number of aromatic amines is 1. The number of hydrogen-bond donors (Lipinski definition) is 2. The monoisotopic (exact) mass is 474 g/mol. The number of amides is 1. The maximum atomic E-state index is 12.7. The van der Waals surface area contributed by atoms with E-state index in [0.717, 1.165) is 10.0 Å². The van der Waals surface area contributed by atoms with Gasteiger partial charge >= 0.3 is 5.97 Å². The molecular formula is C19H24Cl2N4O4S. The number of thiazole rings is 1. The van der Waals surface area contributed by atoms with Crippen LogP contribution in [0.15, 0.2) is 0 Å². The Morgan fingerprint density at radius 1 is 1.33 bits per heavy atom. The van der Waals surface area contributed by atoms with Crippen molar-refractivity contribution >= 4 is 51.5 Å². The van der Waals surface area contributed by atoms with E-state index in [9.17, 15) is 9.59 Å². The Morgan fingerprint density at radius 2 is 2.07 bits per heavy atom. The van der Waals surface area contributed by atoms with Crippen molar-refractivity contribution in [3.8, 4) is 0 Å². The first-order valence-electron chi connectivity index (χ1n) is 9.53. The third kappa shape index (κ3) is 4.59.